The number of rotatable bonds is 6. The Bertz CT molecular complexity index is 889. The highest BCUT2D eigenvalue weighted by Crippen LogP contribution is 2.27. The van der Waals surface area contributed by atoms with Crippen molar-refractivity contribution in [2.45, 2.75) is 70.8 Å². The van der Waals surface area contributed by atoms with Gasteiger partial charge in [-0.15, -0.1) is 0 Å². The first-order valence-corrected chi connectivity index (χ1v) is 12.0. The molecule has 7 nitrogen and oxygen atoms in total. The number of piperidine rings is 1. The van der Waals surface area contributed by atoms with Crippen molar-refractivity contribution in [3.8, 4) is 0 Å². The molecule has 2 aromatic heterocycles. The summed E-state index contributed by atoms with van der Waals surface area (Å²) in [5.41, 5.74) is 3.86. The number of aryl methyl sites for hydroxylation is 2. The van der Waals surface area contributed by atoms with Crippen LogP contribution in [0.25, 0.3) is 0 Å². The van der Waals surface area contributed by atoms with Crippen LogP contribution in [0.3, 0.4) is 0 Å². The second-order valence-corrected chi connectivity index (χ2v) is 9.44. The smallest absolute Gasteiger partial charge is 0.236 e. The lowest BCUT2D eigenvalue weighted by Crippen LogP contribution is -2.46. The molecule has 32 heavy (non-hydrogen) atoms. The molecule has 2 fully saturated rings. The van der Waals surface area contributed by atoms with Gasteiger partial charge in [0.1, 0.15) is 0 Å². The van der Waals surface area contributed by atoms with E-state index in [1.54, 1.807) is 0 Å². The third-order valence-electron chi connectivity index (χ3n) is 6.82. The van der Waals surface area contributed by atoms with Gasteiger partial charge in [-0.1, -0.05) is 19.3 Å². The SMILES string of the molecule is Cc1cc(C)nc(Nc2ccc([C@H]3CCCN(CC(=O)N(C)C4CCCCC4)C3)nc2)n1. The lowest BCUT2D eigenvalue weighted by Gasteiger charge is -2.36. The topological polar surface area (TPSA) is 74.2 Å². The van der Waals surface area contributed by atoms with E-state index in [0.29, 0.717) is 24.5 Å². The minimum absolute atomic E-state index is 0.263. The number of aromatic nitrogens is 3. The van der Waals surface area contributed by atoms with Crippen molar-refractivity contribution in [2.24, 2.45) is 0 Å². The Labute approximate surface area is 191 Å². The second-order valence-electron chi connectivity index (χ2n) is 9.44. The number of anilines is 2. The van der Waals surface area contributed by atoms with Crippen molar-refractivity contribution >= 4 is 17.5 Å². The second kappa shape index (κ2) is 10.4. The van der Waals surface area contributed by atoms with Crippen LogP contribution in [-0.4, -0.2) is 63.4 Å². The van der Waals surface area contributed by atoms with Crippen LogP contribution in [0.15, 0.2) is 24.4 Å². The molecule has 0 aromatic carbocycles. The summed E-state index contributed by atoms with van der Waals surface area (Å²) < 4.78 is 0. The molecule has 172 valence electrons. The molecule has 2 aromatic rings. The maximum absolute atomic E-state index is 12.9. The molecule has 0 radical (unpaired) electrons. The van der Waals surface area contributed by atoms with Crippen LogP contribution in [0.2, 0.25) is 0 Å². The van der Waals surface area contributed by atoms with E-state index in [0.717, 1.165) is 61.5 Å². The Morgan fingerprint density at radius 2 is 1.84 bits per heavy atom. The minimum Gasteiger partial charge on any atom is -0.342 e. The molecular weight excluding hydrogens is 400 g/mol. The number of nitrogens with one attached hydrogen (secondary N) is 1. The van der Waals surface area contributed by atoms with E-state index in [1.807, 2.05) is 44.1 Å². The van der Waals surface area contributed by atoms with Crippen LogP contribution >= 0.6 is 0 Å². The molecule has 0 bridgehead atoms. The number of likely N-dealkylation sites (tertiary alicyclic amines) is 1. The highest BCUT2D eigenvalue weighted by Gasteiger charge is 2.27. The summed E-state index contributed by atoms with van der Waals surface area (Å²) in [5.74, 6) is 1.23. The molecule has 1 saturated carbocycles. The normalized spacial score (nSPS) is 20.2. The Hall–Kier alpha value is -2.54. The van der Waals surface area contributed by atoms with Gasteiger partial charge in [-0.05, 0) is 64.3 Å². The fraction of sp³-hybridized carbons (Fsp3) is 0.600. The van der Waals surface area contributed by atoms with E-state index in [-0.39, 0.29) is 5.91 Å². The van der Waals surface area contributed by atoms with Crippen molar-refractivity contribution < 1.29 is 4.79 Å². The highest BCUT2D eigenvalue weighted by atomic mass is 16.2. The Morgan fingerprint density at radius 3 is 2.53 bits per heavy atom. The Balaban J connectivity index is 1.33. The van der Waals surface area contributed by atoms with Crippen molar-refractivity contribution in [1.82, 2.24) is 24.8 Å². The monoisotopic (exact) mass is 436 g/mol. The van der Waals surface area contributed by atoms with Gasteiger partial charge in [-0.3, -0.25) is 14.7 Å². The predicted octanol–water partition coefficient (Wildman–Crippen LogP) is 4.20. The van der Waals surface area contributed by atoms with Gasteiger partial charge in [0.25, 0.3) is 0 Å². The van der Waals surface area contributed by atoms with Gasteiger partial charge in [-0.2, -0.15) is 0 Å². The first kappa shape index (κ1) is 22.6. The molecule has 1 N–H and O–H groups in total. The van der Waals surface area contributed by atoms with E-state index < -0.39 is 0 Å². The van der Waals surface area contributed by atoms with Crippen molar-refractivity contribution in [3.05, 3.63) is 41.5 Å². The predicted molar refractivity (Wildman–Crippen MR) is 127 cm³/mol. The summed E-state index contributed by atoms with van der Waals surface area (Å²) in [7, 11) is 1.99. The standard InChI is InChI=1S/C25H36N6O/c1-18-14-19(2)28-25(27-18)29-21-11-12-23(26-15-21)20-8-7-13-31(16-20)17-24(32)30(3)22-9-5-4-6-10-22/h11-12,14-15,20,22H,4-10,13,16-17H2,1-3H3,(H,27,28,29)/t20-/m0/s1. The number of hydrogen-bond donors (Lipinski definition) is 1. The number of likely N-dealkylation sites (N-methyl/N-ethyl adjacent to an activating group) is 1. The zero-order valence-electron chi connectivity index (χ0n) is 19.7. The van der Waals surface area contributed by atoms with E-state index in [1.165, 1.54) is 19.3 Å². The van der Waals surface area contributed by atoms with Crippen LogP contribution in [0.4, 0.5) is 11.6 Å². The number of amides is 1. The average Bonchev–Trinajstić information content (AvgIpc) is 2.79. The summed E-state index contributed by atoms with van der Waals surface area (Å²) in [6.45, 7) is 6.34. The quantitative estimate of drug-likeness (QED) is 0.731. The van der Waals surface area contributed by atoms with Crippen molar-refractivity contribution in [2.75, 3.05) is 32.0 Å². The molecule has 1 aliphatic carbocycles. The average molecular weight is 437 g/mol. The summed E-state index contributed by atoms with van der Waals surface area (Å²) >= 11 is 0. The van der Waals surface area contributed by atoms with E-state index in [2.05, 4.69) is 26.3 Å². The van der Waals surface area contributed by atoms with Crippen LogP contribution in [0.5, 0.6) is 0 Å². The number of nitrogens with zero attached hydrogens (tertiary/aromatic N) is 5. The largest absolute Gasteiger partial charge is 0.342 e. The number of pyridine rings is 1. The lowest BCUT2D eigenvalue weighted by atomic mass is 9.93. The molecular formula is C25H36N6O. The Kier molecular flexibility index (Phi) is 7.35. The molecule has 2 aliphatic rings. The molecule has 1 amide bonds. The van der Waals surface area contributed by atoms with Gasteiger partial charge in [0, 0.05) is 42.6 Å². The van der Waals surface area contributed by atoms with Crippen LogP contribution in [0, 0.1) is 13.8 Å². The summed E-state index contributed by atoms with van der Waals surface area (Å²) in [4.78, 5) is 30.8. The molecule has 1 saturated heterocycles. The molecule has 1 atom stereocenters. The van der Waals surface area contributed by atoms with Crippen LogP contribution in [0.1, 0.15) is 67.9 Å². The molecule has 7 heteroatoms. The Morgan fingerprint density at radius 1 is 1.09 bits per heavy atom. The van der Waals surface area contributed by atoms with E-state index in [4.69, 9.17) is 4.98 Å². The third kappa shape index (κ3) is 5.82. The van der Waals surface area contributed by atoms with E-state index >= 15 is 0 Å². The van der Waals surface area contributed by atoms with Crippen LogP contribution in [-0.2, 0) is 4.79 Å². The third-order valence-corrected chi connectivity index (χ3v) is 6.82. The molecule has 4 rings (SSSR count). The number of hydrogen-bond acceptors (Lipinski definition) is 6. The number of carbonyl (C=O) groups excluding carboxylic acids is 1. The van der Waals surface area contributed by atoms with Gasteiger partial charge >= 0.3 is 0 Å². The summed E-state index contributed by atoms with van der Waals surface area (Å²) in [6, 6.07) is 6.53. The van der Waals surface area contributed by atoms with Gasteiger partial charge in [0.15, 0.2) is 0 Å². The van der Waals surface area contributed by atoms with Gasteiger partial charge in [-0.25, -0.2) is 9.97 Å². The zero-order chi connectivity index (χ0) is 22.5. The molecule has 0 spiro atoms. The first-order chi connectivity index (χ1) is 15.5. The van der Waals surface area contributed by atoms with Gasteiger partial charge < -0.3 is 10.2 Å². The van der Waals surface area contributed by atoms with E-state index in [9.17, 15) is 4.79 Å². The highest BCUT2D eigenvalue weighted by molar-refractivity contribution is 5.78. The van der Waals surface area contributed by atoms with Crippen LogP contribution < -0.4 is 5.32 Å². The fourth-order valence-electron chi connectivity index (χ4n) is 5.05. The molecule has 1 aliphatic heterocycles. The zero-order valence-corrected chi connectivity index (χ0v) is 19.7. The van der Waals surface area contributed by atoms with Crippen molar-refractivity contribution in [3.63, 3.8) is 0 Å². The van der Waals surface area contributed by atoms with Gasteiger partial charge in [0.2, 0.25) is 11.9 Å². The molecule has 3 heterocycles. The fourth-order valence-corrected chi connectivity index (χ4v) is 5.05. The molecule has 0 unspecified atom stereocenters. The maximum atomic E-state index is 12.9. The summed E-state index contributed by atoms with van der Waals surface area (Å²) in [5, 5.41) is 3.25. The maximum Gasteiger partial charge on any atom is 0.236 e. The van der Waals surface area contributed by atoms with Gasteiger partial charge in [0.05, 0.1) is 18.4 Å². The first-order valence-electron chi connectivity index (χ1n) is 12.0. The lowest BCUT2D eigenvalue weighted by molar-refractivity contribution is -0.134. The minimum atomic E-state index is 0.263. The number of carbonyl (C=O) groups is 1. The van der Waals surface area contributed by atoms with Crippen molar-refractivity contribution in [1.29, 1.82) is 0 Å². The summed E-state index contributed by atoms with van der Waals surface area (Å²) in [6.07, 6.45) is 10.2.